The number of hydroxylamine groups is 2. The normalized spacial score (nSPS) is 13.1. The standard InChI is InChI=1S/C8H11NO4.C8H16O.C3H9N.CH4/c1-5(2)8(12)13-9-6(10)3-4-7(9)11;1-6(2)5-8(9)7(3)4;1-3(2)4;/h5H,3-4H2,1-2H3;6-7H,5H2,1-4H3;3H,4H2,1-2H3;1H4. The van der Waals surface area contributed by atoms with Crippen molar-refractivity contribution < 1.29 is 24.0 Å². The highest BCUT2D eigenvalue weighted by molar-refractivity contribution is 6.01. The van der Waals surface area contributed by atoms with Gasteiger partial charge in [-0.15, -0.1) is 5.06 Å². The van der Waals surface area contributed by atoms with E-state index in [1.807, 2.05) is 27.7 Å². The van der Waals surface area contributed by atoms with Gasteiger partial charge in [-0.3, -0.25) is 14.4 Å². The van der Waals surface area contributed by atoms with Gasteiger partial charge < -0.3 is 10.6 Å². The minimum atomic E-state index is -0.566. The van der Waals surface area contributed by atoms with E-state index in [9.17, 15) is 19.2 Å². The Kier molecular flexibility index (Phi) is 17.0. The Balaban J connectivity index is -0.000000361. The van der Waals surface area contributed by atoms with Gasteiger partial charge in [0, 0.05) is 25.2 Å². The van der Waals surface area contributed by atoms with Gasteiger partial charge >= 0.3 is 5.97 Å². The SMILES string of the molecule is C.CC(C)C(=O)ON1C(=O)CCC1=O.CC(C)CC(=O)C(C)C.CC(C)N. The molecule has 0 saturated carbocycles. The van der Waals surface area contributed by atoms with Crippen molar-refractivity contribution in [2.24, 2.45) is 23.5 Å². The molecule has 2 N–H and O–H groups in total. The Morgan fingerprint density at radius 2 is 1.30 bits per heavy atom. The fourth-order valence-electron chi connectivity index (χ4n) is 1.49. The molecule has 0 unspecified atom stereocenters. The molecule has 7 heteroatoms. The van der Waals surface area contributed by atoms with Crippen molar-refractivity contribution in [1.82, 2.24) is 5.06 Å². The Hall–Kier alpha value is -1.76. The van der Waals surface area contributed by atoms with Gasteiger partial charge in [-0.05, 0) is 12.0 Å². The minimum absolute atomic E-state index is 0. The molecular weight excluding hydrogens is 348 g/mol. The third-order valence-electron chi connectivity index (χ3n) is 2.91. The van der Waals surface area contributed by atoms with Crippen LogP contribution in [0.3, 0.4) is 0 Å². The van der Waals surface area contributed by atoms with Crippen LogP contribution in [0.5, 0.6) is 0 Å². The van der Waals surface area contributed by atoms with Crippen molar-refractivity contribution in [3.8, 4) is 0 Å². The third-order valence-corrected chi connectivity index (χ3v) is 2.91. The maximum Gasteiger partial charge on any atom is 0.335 e. The molecule has 0 aromatic heterocycles. The Morgan fingerprint density at radius 3 is 1.52 bits per heavy atom. The van der Waals surface area contributed by atoms with Gasteiger partial charge in [-0.25, -0.2) is 4.79 Å². The number of ketones is 1. The van der Waals surface area contributed by atoms with E-state index in [1.54, 1.807) is 13.8 Å². The first kappa shape index (κ1) is 30.0. The number of hydrogen-bond donors (Lipinski definition) is 1. The Bertz CT molecular complexity index is 452. The van der Waals surface area contributed by atoms with Crippen LogP contribution >= 0.6 is 0 Å². The van der Waals surface area contributed by atoms with Gasteiger partial charge in [0.05, 0.1) is 5.92 Å². The zero-order valence-electron chi connectivity index (χ0n) is 17.5. The van der Waals surface area contributed by atoms with Crippen LogP contribution in [0.15, 0.2) is 0 Å². The van der Waals surface area contributed by atoms with Crippen molar-refractivity contribution in [2.45, 2.75) is 88.1 Å². The summed E-state index contributed by atoms with van der Waals surface area (Å²) in [7, 11) is 0. The van der Waals surface area contributed by atoms with E-state index in [4.69, 9.17) is 5.73 Å². The highest BCUT2D eigenvalue weighted by Gasteiger charge is 2.33. The largest absolute Gasteiger partial charge is 0.335 e. The predicted molar refractivity (Wildman–Crippen MR) is 107 cm³/mol. The molecule has 1 heterocycles. The summed E-state index contributed by atoms with van der Waals surface area (Å²) in [6.45, 7) is 15.2. The molecule has 0 radical (unpaired) electrons. The topological polar surface area (TPSA) is 107 Å². The zero-order chi connectivity index (χ0) is 21.0. The second-order valence-electron chi connectivity index (χ2n) is 7.61. The first-order valence-electron chi connectivity index (χ1n) is 9.15. The summed E-state index contributed by atoms with van der Waals surface area (Å²) in [6, 6.07) is 0.333. The molecule has 0 spiro atoms. The van der Waals surface area contributed by atoms with E-state index in [1.165, 1.54) is 0 Å². The van der Waals surface area contributed by atoms with Crippen LogP contribution in [0.25, 0.3) is 0 Å². The lowest BCUT2D eigenvalue weighted by atomic mass is 9.99. The summed E-state index contributed by atoms with van der Waals surface area (Å²) in [5.41, 5.74) is 5.11. The number of carbonyl (C=O) groups is 4. The number of nitrogens with two attached hydrogens (primary N) is 1. The highest BCUT2D eigenvalue weighted by Crippen LogP contribution is 2.13. The second kappa shape index (κ2) is 15.3. The summed E-state index contributed by atoms with van der Waals surface area (Å²) >= 11 is 0. The van der Waals surface area contributed by atoms with Crippen molar-refractivity contribution in [3.05, 3.63) is 0 Å². The lowest BCUT2D eigenvalue weighted by Gasteiger charge is -2.13. The van der Waals surface area contributed by atoms with Crippen LogP contribution in [0.4, 0.5) is 0 Å². The molecule has 0 aromatic carbocycles. The summed E-state index contributed by atoms with van der Waals surface area (Å²) in [6.07, 6.45) is 0.992. The minimum Gasteiger partial charge on any atom is -0.330 e. The molecule has 1 aliphatic heterocycles. The fraction of sp³-hybridized carbons (Fsp3) is 0.800. The van der Waals surface area contributed by atoms with Crippen molar-refractivity contribution in [3.63, 3.8) is 0 Å². The zero-order valence-corrected chi connectivity index (χ0v) is 17.5. The van der Waals surface area contributed by atoms with Crippen LogP contribution in [0, 0.1) is 17.8 Å². The number of carbonyl (C=O) groups excluding carboxylic acids is 4. The fourth-order valence-corrected chi connectivity index (χ4v) is 1.49. The summed E-state index contributed by atoms with van der Waals surface area (Å²) in [4.78, 5) is 48.5. The first-order chi connectivity index (χ1) is 11.8. The van der Waals surface area contributed by atoms with Gasteiger partial charge in [0.25, 0.3) is 11.8 Å². The predicted octanol–water partition coefficient (Wildman–Crippen LogP) is 3.50. The van der Waals surface area contributed by atoms with Crippen LogP contribution < -0.4 is 5.73 Å². The molecule has 0 aliphatic carbocycles. The smallest absolute Gasteiger partial charge is 0.330 e. The number of nitrogens with zero attached hydrogens (tertiary/aromatic N) is 1. The molecule has 0 atom stereocenters. The average molecular weight is 389 g/mol. The molecule has 27 heavy (non-hydrogen) atoms. The molecule has 2 amide bonds. The Labute approximate surface area is 164 Å². The molecule has 1 saturated heterocycles. The quantitative estimate of drug-likeness (QED) is 0.722. The Morgan fingerprint density at radius 1 is 0.926 bits per heavy atom. The van der Waals surface area contributed by atoms with Crippen molar-refractivity contribution in [2.75, 3.05) is 0 Å². The second-order valence-corrected chi connectivity index (χ2v) is 7.61. The van der Waals surface area contributed by atoms with E-state index in [0.717, 1.165) is 6.42 Å². The van der Waals surface area contributed by atoms with E-state index in [0.29, 0.717) is 22.8 Å². The van der Waals surface area contributed by atoms with Crippen LogP contribution in [0.2, 0.25) is 0 Å². The van der Waals surface area contributed by atoms with Crippen LogP contribution in [-0.2, 0) is 24.0 Å². The molecule has 160 valence electrons. The lowest BCUT2D eigenvalue weighted by Crippen LogP contribution is -2.33. The monoisotopic (exact) mass is 388 g/mol. The van der Waals surface area contributed by atoms with E-state index < -0.39 is 17.8 Å². The number of amides is 2. The summed E-state index contributed by atoms with van der Waals surface area (Å²) < 4.78 is 0. The van der Waals surface area contributed by atoms with E-state index in [-0.39, 0.29) is 32.1 Å². The van der Waals surface area contributed by atoms with Crippen molar-refractivity contribution in [1.29, 1.82) is 0 Å². The number of imide groups is 1. The molecule has 1 rings (SSSR count). The molecule has 1 aliphatic rings. The molecule has 7 nitrogen and oxygen atoms in total. The summed E-state index contributed by atoms with van der Waals surface area (Å²) in [5, 5.41) is 0.558. The van der Waals surface area contributed by atoms with Gasteiger partial charge in [0.2, 0.25) is 0 Å². The average Bonchev–Trinajstić information content (AvgIpc) is 2.78. The maximum atomic E-state index is 11.0. The van der Waals surface area contributed by atoms with Crippen LogP contribution in [-0.4, -0.2) is 34.7 Å². The molecule has 1 fully saturated rings. The van der Waals surface area contributed by atoms with Gasteiger partial charge in [-0.1, -0.05) is 62.8 Å². The lowest BCUT2D eigenvalue weighted by molar-refractivity contribution is -0.199. The van der Waals surface area contributed by atoms with Crippen molar-refractivity contribution >= 4 is 23.6 Å². The number of rotatable bonds is 5. The van der Waals surface area contributed by atoms with E-state index in [2.05, 4.69) is 18.7 Å². The summed E-state index contributed by atoms with van der Waals surface area (Å²) in [5.74, 6) is -0.694. The van der Waals surface area contributed by atoms with Gasteiger partial charge in [-0.2, -0.15) is 0 Å². The van der Waals surface area contributed by atoms with E-state index >= 15 is 0 Å². The maximum absolute atomic E-state index is 11.0. The molecule has 0 bridgehead atoms. The third kappa shape index (κ3) is 16.2. The number of hydrogen-bond acceptors (Lipinski definition) is 6. The highest BCUT2D eigenvalue weighted by atomic mass is 16.7. The van der Waals surface area contributed by atoms with Gasteiger partial charge in [0.1, 0.15) is 5.78 Å². The van der Waals surface area contributed by atoms with Gasteiger partial charge in [0.15, 0.2) is 0 Å². The van der Waals surface area contributed by atoms with Crippen LogP contribution in [0.1, 0.15) is 82.1 Å². The molecule has 0 aromatic rings. The molecular formula is C20H40N2O5. The first-order valence-corrected chi connectivity index (χ1v) is 9.15. The number of Topliss-reactive ketones (excluding diaryl/α,β-unsaturated/α-hetero) is 1.